The molecule has 2 aromatic rings. The zero-order chi connectivity index (χ0) is 12.3. The molecule has 0 saturated carbocycles. The Morgan fingerprint density at radius 2 is 1.82 bits per heavy atom. The molecule has 0 heterocycles. The van der Waals surface area contributed by atoms with E-state index in [0.29, 0.717) is 5.92 Å². The molecule has 0 saturated heterocycles. The molecule has 0 aromatic heterocycles. The molecule has 0 radical (unpaired) electrons. The van der Waals surface area contributed by atoms with Gasteiger partial charge in [-0.15, -0.1) is 0 Å². The number of hydrogen-bond donors (Lipinski definition) is 1. The average molecular weight is 224 g/mol. The van der Waals surface area contributed by atoms with Crippen molar-refractivity contribution in [2.75, 3.05) is 6.61 Å². The van der Waals surface area contributed by atoms with Crippen molar-refractivity contribution >= 4 is 10.8 Å². The Morgan fingerprint density at radius 1 is 1.12 bits per heavy atom. The maximum Gasteiger partial charge on any atom is 0.104 e. The van der Waals surface area contributed by atoms with E-state index in [0.717, 1.165) is 5.56 Å². The number of aliphatic hydroxyl groups excluding tert-OH is 1. The highest BCUT2D eigenvalue weighted by Crippen LogP contribution is 2.27. The summed E-state index contributed by atoms with van der Waals surface area (Å²) in [6.07, 6.45) is 0. The minimum absolute atomic E-state index is 0.0970. The lowest BCUT2D eigenvalue weighted by Crippen LogP contribution is -1.92. The van der Waals surface area contributed by atoms with Crippen LogP contribution in [-0.2, 0) is 0 Å². The largest absolute Gasteiger partial charge is 0.384 e. The maximum absolute atomic E-state index is 8.80. The van der Waals surface area contributed by atoms with Crippen molar-refractivity contribution in [2.24, 2.45) is 0 Å². The highest BCUT2D eigenvalue weighted by molar-refractivity contribution is 5.91. The summed E-state index contributed by atoms with van der Waals surface area (Å²) in [5, 5.41) is 11.2. The Bertz CT molecular complexity index is 580. The summed E-state index contributed by atoms with van der Waals surface area (Å²) >= 11 is 0. The van der Waals surface area contributed by atoms with E-state index in [4.69, 9.17) is 5.11 Å². The summed E-state index contributed by atoms with van der Waals surface area (Å²) < 4.78 is 0. The smallest absolute Gasteiger partial charge is 0.104 e. The van der Waals surface area contributed by atoms with Crippen molar-refractivity contribution in [1.29, 1.82) is 0 Å². The molecule has 0 aliphatic rings. The molecule has 2 aromatic carbocycles. The summed E-state index contributed by atoms with van der Waals surface area (Å²) in [4.78, 5) is 0. The van der Waals surface area contributed by atoms with Gasteiger partial charge in [0.05, 0.1) is 0 Å². The highest BCUT2D eigenvalue weighted by Gasteiger charge is 2.07. The Morgan fingerprint density at radius 3 is 2.47 bits per heavy atom. The molecule has 86 valence electrons. The van der Waals surface area contributed by atoms with Crippen molar-refractivity contribution < 1.29 is 5.11 Å². The fraction of sp³-hybridized carbons (Fsp3) is 0.250. The van der Waals surface area contributed by atoms with Crippen LogP contribution in [-0.4, -0.2) is 11.7 Å². The van der Waals surface area contributed by atoms with Crippen LogP contribution in [0.25, 0.3) is 10.8 Å². The molecule has 0 bridgehead atoms. The van der Waals surface area contributed by atoms with Crippen molar-refractivity contribution in [2.45, 2.75) is 19.8 Å². The molecule has 1 N–H and O–H groups in total. The predicted molar refractivity (Wildman–Crippen MR) is 72.0 cm³/mol. The van der Waals surface area contributed by atoms with E-state index in [1.165, 1.54) is 16.3 Å². The SMILES string of the molecule is CC(C)c1cccc2cccc(C#CCO)c12. The number of fused-ring (bicyclic) bond motifs is 1. The van der Waals surface area contributed by atoms with Crippen molar-refractivity contribution in [1.82, 2.24) is 0 Å². The standard InChI is InChI=1S/C16H16O/c1-12(2)15-10-4-8-13-6-3-7-14(16(13)15)9-5-11-17/h3-4,6-8,10,12,17H,11H2,1-2H3. The van der Waals surface area contributed by atoms with Crippen LogP contribution in [0.5, 0.6) is 0 Å². The summed E-state index contributed by atoms with van der Waals surface area (Å²) in [5.74, 6) is 6.23. The van der Waals surface area contributed by atoms with Gasteiger partial charge in [-0.3, -0.25) is 0 Å². The molecule has 1 heteroatoms. The predicted octanol–water partition coefficient (Wildman–Crippen LogP) is 3.31. The normalized spacial score (nSPS) is 10.4. The van der Waals surface area contributed by atoms with Gasteiger partial charge in [-0.25, -0.2) is 0 Å². The third kappa shape index (κ3) is 2.33. The van der Waals surface area contributed by atoms with E-state index in [2.05, 4.69) is 50.0 Å². The molecular formula is C16H16O. The zero-order valence-corrected chi connectivity index (χ0v) is 10.2. The van der Waals surface area contributed by atoms with E-state index >= 15 is 0 Å². The summed E-state index contributed by atoms with van der Waals surface area (Å²) in [5.41, 5.74) is 2.31. The second-order valence-corrected chi connectivity index (χ2v) is 4.37. The van der Waals surface area contributed by atoms with Gasteiger partial charge in [0.2, 0.25) is 0 Å². The topological polar surface area (TPSA) is 20.2 Å². The first-order valence-electron chi connectivity index (χ1n) is 5.85. The Labute approximate surface area is 102 Å². The van der Waals surface area contributed by atoms with Crippen LogP contribution in [0.4, 0.5) is 0 Å². The van der Waals surface area contributed by atoms with E-state index in [9.17, 15) is 0 Å². The van der Waals surface area contributed by atoms with Crippen LogP contribution in [0.15, 0.2) is 36.4 Å². The molecule has 1 nitrogen and oxygen atoms in total. The highest BCUT2D eigenvalue weighted by atomic mass is 16.2. The number of benzene rings is 2. The molecule has 0 fully saturated rings. The molecule has 0 atom stereocenters. The molecule has 0 unspecified atom stereocenters. The lowest BCUT2D eigenvalue weighted by molar-refractivity contribution is 0.350. The Kier molecular flexibility index (Phi) is 3.46. The van der Waals surface area contributed by atoms with Gasteiger partial charge >= 0.3 is 0 Å². The molecular weight excluding hydrogens is 208 g/mol. The first-order chi connectivity index (χ1) is 8.24. The van der Waals surface area contributed by atoms with Crippen LogP contribution in [0.1, 0.15) is 30.9 Å². The van der Waals surface area contributed by atoms with Crippen molar-refractivity contribution in [3.63, 3.8) is 0 Å². The molecule has 17 heavy (non-hydrogen) atoms. The molecule has 0 spiro atoms. The third-order valence-corrected chi connectivity index (χ3v) is 2.86. The fourth-order valence-electron chi connectivity index (χ4n) is 2.09. The van der Waals surface area contributed by atoms with Crippen LogP contribution in [0.2, 0.25) is 0 Å². The van der Waals surface area contributed by atoms with Crippen LogP contribution < -0.4 is 0 Å². The lowest BCUT2D eigenvalue weighted by Gasteiger charge is -2.11. The first-order valence-corrected chi connectivity index (χ1v) is 5.85. The van der Waals surface area contributed by atoms with Crippen LogP contribution in [0, 0.1) is 11.8 Å². The van der Waals surface area contributed by atoms with Gasteiger partial charge in [0.1, 0.15) is 6.61 Å². The summed E-state index contributed by atoms with van der Waals surface area (Å²) in [7, 11) is 0. The molecule has 0 amide bonds. The van der Waals surface area contributed by atoms with Gasteiger partial charge in [0.15, 0.2) is 0 Å². The Hall–Kier alpha value is -1.78. The monoisotopic (exact) mass is 224 g/mol. The minimum Gasteiger partial charge on any atom is -0.384 e. The van der Waals surface area contributed by atoms with Gasteiger partial charge in [-0.1, -0.05) is 56.0 Å². The second-order valence-electron chi connectivity index (χ2n) is 4.37. The zero-order valence-electron chi connectivity index (χ0n) is 10.2. The molecule has 0 aliphatic heterocycles. The summed E-state index contributed by atoms with van der Waals surface area (Å²) in [6, 6.07) is 12.5. The van der Waals surface area contributed by atoms with Crippen LogP contribution in [0.3, 0.4) is 0 Å². The third-order valence-electron chi connectivity index (χ3n) is 2.86. The van der Waals surface area contributed by atoms with Crippen molar-refractivity contribution in [3.05, 3.63) is 47.5 Å². The minimum atomic E-state index is -0.0970. The van der Waals surface area contributed by atoms with Crippen LogP contribution >= 0.6 is 0 Å². The summed E-state index contributed by atoms with van der Waals surface area (Å²) in [6.45, 7) is 4.27. The van der Waals surface area contributed by atoms with E-state index < -0.39 is 0 Å². The number of hydrogen-bond acceptors (Lipinski definition) is 1. The van der Waals surface area contributed by atoms with Gasteiger partial charge < -0.3 is 5.11 Å². The van der Waals surface area contributed by atoms with E-state index in [1.54, 1.807) is 0 Å². The van der Waals surface area contributed by atoms with Gasteiger partial charge in [0.25, 0.3) is 0 Å². The lowest BCUT2D eigenvalue weighted by atomic mass is 9.93. The average Bonchev–Trinajstić information content (AvgIpc) is 2.35. The molecule has 0 aliphatic carbocycles. The maximum atomic E-state index is 8.80. The number of aliphatic hydroxyl groups is 1. The van der Waals surface area contributed by atoms with Gasteiger partial charge in [-0.2, -0.15) is 0 Å². The van der Waals surface area contributed by atoms with E-state index in [1.807, 2.05) is 12.1 Å². The Balaban J connectivity index is 2.75. The molecule has 2 rings (SSSR count). The van der Waals surface area contributed by atoms with E-state index in [-0.39, 0.29) is 6.61 Å². The fourth-order valence-corrected chi connectivity index (χ4v) is 2.09. The van der Waals surface area contributed by atoms with Gasteiger partial charge in [0, 0.05) is 10.9 Å². The van der Waals surface area contributed by atoms with Crippen molar-refractivity contribution in [3.8, 4) is 11.8 Å². The second kappa shape index (κ2) is 5.03. The first kappa shape index (κ1) is 11.7. The quantitative estimate of drug-likeness (QED) is 0.737. The number of rotatable bonds is 1. The van der Waals surface area contributed by atoms with Gasteiger partial charge in [-0.05, 0) is 22.9 Å².